The number of aryl methyl sites for hydroxylation is 2. The molecule has 2 aromatic carbocycles. The first-order valence-electron chi connectivity index (χ1n) is 19.1. The van der Waals surface area contributed by atoms with Crippen LogP contribution in [0.1, 0.15) is 90.8 Å². The summed E-state index contributed by atoms with van der Waals surface area (Å²) in [6.07, 6.45) is -10.2. The Bertz CT molecular complexity index is 2280. The molecule has 2 heterocycles. The maximum Gasteiger partial charge on any atom is 0.420 e. The number of fused-ring (bicyclic) bond motifs is 1. The third-order valence-electron chi connectivity index (χ3n) is 9.45. The summed E-state index contributed by atoms with van der Waals surface area (Å²) in [5, 5.41) is 19.2. The van der Waals surface area contributed by atoms with Crippen molar-refractivity contribution >= 4 is 52.7 Å². The average Bonchev–Trinajstić information content (AvgIpc) is 3.48. The van der Waals surface area contributed by atoms with Gasteiger partial charge in [0.25, 0.3) is 0 Å². The van der Waals surface area contributed by atoms with Crippen molar-refractivity contribution in [1.29, 1.82) is 0 Å². The Labute approximate surface area is 346 Å². The fourth-order valence-electron chi connectivity index (χ4n) is 6.86. The number of urea groups is 1. The molecule has 2 aromatic heterocycles. The highest BCUT2D eigenvalue weighted by atomic mass is 19.4. The third kappa shape index (κ3) is 11.2. The number of aromatic nitrogens is 4. The van der Waals surface area contributed by atoms with Crippen LogP contribution in [0.5, 0.6) is 0 Å². The van der Waals surface area contributed by atoms with Crippen molar-refractivity contribution in [1.82, 2.24) is 24.6 Å². The van der Waals surface area contributed by atoms with Gasteiger partial charge in [-0.05, 0) is 110 Å². The van der Waals surface area contributed by atoms with E-state index in [4.69, 9.17) is 9.47 Å². The average molecular weight is 865 g/mol. The molecule has 1 saturated carbocycles. The number of halogens is 6. The lowest BCUT2D eigenvalue weighted by Gasteiger charge is -2.38. The quantitative estimate of drug-likeness (QED) is 0.151. The highest BCUT2D eigenvalue weighted by Crippen LogP contribution is 2.39. The van der Waals surface area contributed by atoms with E-state index in [0.717, 1.165) is 9.80 Å². The number of alkyl halides is 6. The lowest BCUT2D eigenvalue weighted by atomic mass is 9.89. The van der Waals surface area contributed by atoms with Crippen LogP contribution in [0.15, 0.2) is 42.6 Å². The summed E-state index contributed by atoms with van der Waals surface area (Å²) in [6, 6.07) is 3.03. The largest absolute Gasteiger partial charge is 0.465 e. The number of nitrogens with one attached hydrogen (secondary N) is 2. The van der Waals surface area contributed by atoms with Gasteiger partial charge in [0.15, 0.2) is 5.82 Å². The number of rotatable bonds is 7. The molecule has 5 rings (SSSR count). The first-order chi connectivity index (χ1) is 28.1. The summed E-state index contributed by atoms with van der Waals surface area (Å²) in [7, 11) is 1.53. The fraction of sp³-hybridized carbons (Fsp3) is 0.475. The van der Waals surface area contributed by atoms with Gasteiger partial charge in [-0.2, -0.15) is 31.4 Å². The van der Waals surface area contributed by atoms with Gasteiger partial charge in [0.2, 0.25) is 5.95 Å². The van der Waals surface area contributed by atoms with Crippen LogP contribution in [0.4, 0.5) is 63.0 Å². The molecule has 0 radical (unpaired) electrons. The van der Waals surface area contributed by atoms with E-state index in [1.54, 1.807) is 53.7 Å². The van der Waals surface area contributed by atoms with Crippen LogP contribution in [0, 0.1) is 0 Å². The lowest BCUT2D eigenvalue weighted by Crippen LogP contribution is -2.52. The summed E-state index contributed by atoms with van der Waals surface area (Å²) in [4.78, 5) is 63.0. The van der Waals surface area contributed by atoms with Crippen molar-refractivity contribution in [2.24, 2.45) is 7.05 Å². The Morgan fingerprint density at radius 2 is 1.43 bits per heavy atom. The van der Waals surface area contributed by atoms with E-state index < -0.39 is 76.8 Å². The summed E-state index contributed by atoms with van der Waals surface area (Å²) in [5.41, 5.74) is -3.68. The predicted molar refractivity (Wildman–Crippen MR) is 211 cm³/mol. The molecule has 0 bridgehead atoms. The fourth-order valence-corrected chi connectivity index (χ4v) is 6.86. The summed E-state index contributed by atoms with van der Waals surface area (Å²) in [5.74, 6) is -0.220. The zero-order valence-corrected chi connectivity index (χ0v) is 34.6. The molecule has 5 amide bonds. The van der Waals surface area contributed by atoms with Gasteiger partial charge in [0.05, 0.1) is 28.0 Å². The van der Waals surface area contributed by atoms with Gasteiger partial charge in [-0.25, -0.2) is 38.9 Å². The molecule has 1 aliphatic carbocycles. The molecular formula is C40H46F6N8O7. The molecule has 1 aliphatic rings. The van der Waals surface area contributed by atoms with Crippen LogP contribution in [0.2, 0.25) is 0 Å². The SMILES string of the molecule is CCc1cc(-c2cc(NC(=O)Nc3cc(C(F)(F)F)ccc3C(F)(F)F)nn2C)cc2cnc(N(C(=O)O)C3CCC(N(C(=O)OC(C)(C)C)C(=O)OC(C)(C)C)CC3)nc12. The maximum absolute atomic E-state index is 13.6. The van der Waals surface area contributed by atoms with E-state index in [1.165, 1.54) is 24.0 Å². The highest BCUT2D eigenvalue weighted by Gasteiger charge is 2.41. The van der Waals surface area contributed by atoms with Crippen molar-refractivity contribution in [3.63, 3.8) is 0 Å². The highest BCUT2D eigenvalue weighted by molar-refractivity contribution is 6.00. The predicted octanol–water partition coefficient (Wildman–Crippen LogP) is 10.2. The number of nitrogens with zero attached hydrogens (tertiary/aromatic N) is 6. The van der Waals surface area contributed by atoms with Crippen LogP contribution in [0.25, 0.3) is 22.2 Å². The lowest BCUT2D eigenvalue weighted by molar-refractivity contribution is -0.140. The Hall–Kier alpha value is -6.15. The standard InChI is InChI=1S/C40H46F6N8O7/c1-9-21-16-22(29-19-30(51-52(29)8)49-33(55)48-28-18-24(39(41,42)43)10-15-27(28)40(44,45)46)17-23-20-47-32(50-31(21)23)53(34(56)57)25-11-13-26(14-12-25)54(35(58)60-37(2,3)4)36(59)61-38(5,6)7/h10,15-20,25-26H,9,11-14H2,1-8H3,(H,56,57)(H2,48,49,51,55). The second kappa shape index (κ2) is 17.1. The van der Waals surface area contributed by atoms with Crippen molar-refractivity contribution < 1.29 is 60.1 Å². The van der Waals surface area contributed by atoms with Crippen LogP contribution in [-0.4, -0.2) is 77.4 Å². The number of carbonyl (C=O) groups is 4. The first-order valence-corrected chi connectivity index (χ1v) is 19.1. The number of imide groups is 1. The van der Waals surface area contributed by atoms with E-state index in [9.17, 15) is 50.6 Å². The minimum atomic E-state index is -5.06. The second-order valence-electron chi connectivity index (χ2n) is 16.4. The second-order valence-corrected chi connectivity index (χ2v) is 16.4. The zero-order chi connectivity index (χ0) is 45.4. The van der Waals surface area contributed by atoms with Gasteiger partial charge in [0, 0.05) is 42.3 Å². The monoisotopic (exact) mass is 864 g/mol. The summed E-state index contributed by atoms with van der Waals surface area (Å²) < 4.78 is 92.9. The molecule has 0 saturated heterocycles. The van der Waals surface area contributed by atoms with Crippen LogP contribution in [0.3, 0.4) is 0 Å². The summed E-state index contributed by atoms with van der Waals surface area (Å²) in [6.45, 7) is 11.9. The van der Waals surface area contributed by atoms with Crippen LogP contribution in [-0.2, 0) is 35.3 Å². The molecule has 1 fully saturated rings. The molecule has 0 spiro atoms. The number of hydrogen-bond donors (Lipinski definition) is 3. The molecule has 0 aliphatic heterocycles. The van der Waals surface area contributed by atoms with Gasteiger partial charge in [-0.15, -0.1) is 0 Å². The normalized spacial score (nSPS) is 16.2. The van der Waals surface area contributed by atoms with Crippen LogP contribution < -0.4 is 15.5 Å². The smallest absolute Gasteiger partial charge is 0.420 e. The van der Waals surface area contributed by atoms with Crippen molar-refractivity contribution in [2.75, 3.05) is 15.5 Å². The van der Waals surface area contributed by atoms with E-state index in [2.05, 4.69) is 20.4 Å². The maximum atomic E-state index is 13.6. The van der Waals surface area contributed by atoms with E-state index in [1.807, 2.05) is 12.2 Å². The molecule has 3 N–H and O–H groups in total. The number of anilines is 3. The van der Waals surface area contributed by atoms with Gasteiger partial charge in [-0.3, -0.25) is 10.00 Å². The van der Waals surface area contributed by atoms with Crippen molar-refractivity contribution in [2.45, 2.75) is 116 Å². The van der Waals surface area contributed by atoms with Gasteiger partial charge >= 0.3 is 36.7 Å². The Morgan fingerprint density at radius 3 is 1.95 bits per heavy atom. The molecular weight excluding hydrogens is 818 g/mol. The third-order valence-corrected chi connectivity index (χ3v) is 9.45. The molecule has 61 heavy (non-hydrogen) atoms. The van der Waals surface area contributed by atoms with Crippen molar-refractivity contribution in [3.8, 4) is 11.3 Å². The number of hydrogen-bond acceptors (Lipinski definition) is 9. The molecule has 4 aromatic rings. The molecule has 330 valence electrons. The molecule has 0 unspecified atom stereocenters. The van der Waals surface area contributed by atoms with Crippen LogP contribution >= 0.6 is 0 Å². The number of carbonyl (C=O) groups excluding carboxylic acids is 3. The van der Waals surface area contributed by atoms with Gasteiger partial charge in [0.1, 0.15) is 11.2 Å². The molecule has 15 nitrogen and oxygen atoms in total. The van der Waals surface area contributed by atoms with Gasteiger partial charge in [-0.1, -0.05) is 6.92 Å². The topological polar surface area (TPSA) is 181 Å². The Balaban J connectivity index is 1.36. The number of benzene rings is 2. The number of amides is 5. The molecule has 21 heteroatoms. The Morgan fingerprint density at radius 1 is 0.836 bits per heavy atom. The van der Waals surface area contributed by atoms with E-state index in [-0.39, 0.29) is 55.6 Å². The minimum absolute atomic E-state index is 0.0884. The van der Waals surface area contributed by atoms with Crippen molar-refractivity contribution in [3.05, 3.63) is 59.3 Å². The number of ether oxygens (including phenoxy) is 2. The molecule has 0 atom stereocenters. The van der Waals surface area contributed by atoms with E-state index in [0.29, 0.717) is 34.1 Å². The first kappa shape index (κ1) is 45.9. The zero-order valence-electron chi connectivity index (χ0n) is 34.6. The Kier molecular flexibility index (Phi) is 12.9. The van der Waals surface area contributed by atoms with E-state index >= 15 is 0 Å². The minimum Gasteiger partial charge on any atom is -0.465 e. The number of carboxylic acid groups (broad SMARTS) is 1. The summed E-state index contributed by atoms with van der Waals surface area (Å²) >= 11 is 0. The van der Waals surface area contributed by atoms with Gasteiger partial charge < -0.3 is 19.9 Å².